The van der Waals surface area contributed by atoms with Crippen LogP contribution in [-0.2, 0) is 0 Å². The Morgan fingerprint density at radius 3 is 1.80 bits per heavy atom. The largest absolute Gasteiger partial charge is 0.392 e. The second-order valence-corrected chi connectivity index (χ2v) is 6.84. The summed E-state index contributed by atoms with van der Waals surface area (Å²) in [6, 6.07) is 0. The minimum atomic E-state index is -0.245. The molecule has 0 bridgehead atoms. The Morgan fingerprint density at radius 1 is 1.00 bits per heavy atom. The van der Waals surface area contributed by atoms with Crippen molar-refractivity contribution in [3.8, 4) is 0 Å². The van der Waals surface area contributed by atoms with E-state index in [1.54, 1.807) is 0 Å². The third-order valence-electron chi connectivity index (χ3n) is 2.67. The molecule has 2 N–H and O–H groups in total. The van der Waals surface area contributed by atoms with Gasteiger partial charge in [0, 0.05) is 18.5 Å². The first-order valence-corrected chi connectivity index (χ1v) is 5.95. The molecule has 1 atom stereocenters. The predicted octanol–water partition coefficient (Wildman–Crippen LogP) is 2.67. The van der Waals surface area contributed by atoms with Gasteiger partial charge >= 0.3 is 0 Å². The van der Waals surface area contributed by atoms with Gasteiger partial charge < -0.3 is 10.4 Å². The number of hydrogen-bond acceptors (Lipinski definition) is 2. The molecule has 1 unspecified atom stereocenters. The summed E-state index contributed by atoms with van der Waals surface area (Å²) in [5, 5.41) is 13.5. The van der Waals surface area contributed by atoms with Crippen molar-refractivity contribution in [1.29, 1.82) is 0 Å². The van der Waals surface area contributed by atoms with Crippen molar-refractivity contribution in [1.82, 2.24) is 5.32 Å². The quantitative estimate of drug-likeness (QED) is 0.739. The Bertz CT molecular complexity index is 179. The van der Waals surface area contributed by atoms with Crippen molar-refractivity contribution in [2.45, 2.75) is 54.6 Å². The van der Waals surface area contributed by atoms with E-state index in [1.165, 1.54) is 0 Å². The van der Waals surface area contributed by atoms with Crippen LogP contribution in [0.5, 0.6) is 0 Å². The molecule has 0 aliphatic rings. The van der Waals surface area contributed by atoms with Crippen LogP contribution < -0.4 is 5.32 Å². The van der Waals surface area contributed by atoms with Crippen LogP contribution in [0.2, 0.25) is 0 Å². The second kappa shape index (κ2) is 5.31. The van der Waals surface area contributed by atoms with Crippen LogP contribution in [0.15, 0.2) is 0 Å². The maximum atomic E-state index is 10.0. The van der Waals surface area contributed by atoms with E-state index < -0.39 is 0 Å². The van der Waals surface area contributed by atoms with Crippen molar-refractivity contribution in [2.24, 2.45) is 16.7 Å². The molecule has 0 spiro atoms. The van der Waals surface area contributed by atoms with Gasteiger partial charge in [0.2, 0.25) is 0 Å². The third kappa shape index (κ3) is 6.16. The Labute approximate surface area is 95.5 Å². The third-order valence-corrected chi connectivity index (χ3v) is 2.67. The normalized spacial score (nSPS) is 15.8. The van der Waals surface area contributed by atoms with Crippen LogP contribution >= 0.6 is 0 Å². The van der Waals surface area contributed by atoms with Crippen molar-refractivity contribution < 1.29 is 5.11 Å². The Kier molecular flexibility index (Phi) is 5.28. The predicted molar refractivity (Wildman–Crippen MR) is 67.0 cm³/mol. The molecule has 0 rings (SSSR count). The lowest BCUT2D eigenvalue weighted by Gasteiger charge is -2.34. The molecule has 0 saturated heterocycles. The standard InChI is InChI=1S/C13H29NO/c1-10(2)11(15)13(6,7)9-14-8-12(3,4)5/h10-11,14-15H,8-9H2,1-7H3. The molecule has 0 radical (unpaired) electrons. The van der Waals surface area contributed by atoms with E-state index in [1.807, 2.05) is 0 Å². The van der Waals surface area contributed by atoms with Crippen LogP contribution in [0.1, 0.15) is 48.5 Å². The maximum absolute atomic E-state index is 10.0. The SMILES string of the molecule is CC(C)C(O)C(C)(C)CNCC(C)(C)C. The summed E-state index contributed by atoms with van der Waals surface area (Å²) >= 11 is 0. The Hall–Kier alpha value is -0.0800. The van der Waals surface area contributed by atoms with E-state index in [-0.39, 0.29) is 11.5 Å². The minimum Gasteiger partial charge on any atom is -0.392 e. The van der Waals surface area contributed by atoms with Crippen molar-refractivity contribution in [3.63, 3.8) is 0 Å². The highest BCUT2D eigenvalue weighted by molar-refractivity contribution is 4.82. The highest BCUT2D eigenvalue weighted by Gasteiger charge is 2.29. The molecule has 0 aliphatic carbocycles. The van der Waals surface area contributed by atoms with Gasteiger partial charge in [0.1, 0.15) is 0 Å². The number of nitrogens with one attached hydrogen (secondary N) is 1. The smallest absolute Gasteiger partial charge is 0.0626 e. The van der Waals surface area contributed by atoms with Crippen LogP contribution in [0, 0.1) is 16.7 Å². The molecule has 15 heavy (non-hydrogen) atoms. The fraction of sp³-hybridized carbons (Fsp3) is 1.00. The lowest BCUT2D eigenvalue weighted by molar-refractivity contribution is 0.0127. The molecule has 2 nitrogen and oxygen atoms in total. The van der Waals surface area contributed by atoms with E-state index in [4.69, 9.17) is 0 Å². The zero-order valence-electron chi connectivity index (χ0n) is 11.5. The zero-order chi connectivity index (χ0) is 12.3. The van der Waals surface area contributed by atoms with Crippen LogP contribution in [0.25, 0.3) is 0 Å². The number of hydrogen-bond donors (Lipinski definition) is 2. The van der Waals surface area contributed by atoms with Crippen molar-refractivity contribution in [2.75, 3.05) is 13.1 Å². The average molecular weight is 215 g/mol. The molecular formula is C13H29NO. The molecule has 0 heterocycles. The van der Waals surface area contributed by atoms with Gasteiger partial charge in [-0.3, -0.25) is 0 Å². The lowest BCUT2D eigenvalue weighted by atomic mass is 9.80. The molecule has 2 heteroatoms. The first-order chi connectivity index (χ1) is 6.56. The molecule has 0 saturated carbocycles. The molecule has 0 aromatic carbocycles. The van der Waals surface area contributed by atoms with Gasteiger partial charge in [-0.1, -0.05) is 48.5 Å². The summed E-state index contributed by atoms with van der Waals surface area (Å²) < 4.78 is 0. The van der Waals surface area contributed by atoms with Gasteiger partial charge in [0.15, 0.2) is 0 Å². The highest BCUT2D eigenvalue weighted by atomic mass is 16.3. The average Bonchev–Trinajstić information content (AvgIpc) is 1.99. The van der Waals surface area contributed by atoms with Gasteiger partial charge in [-0.2, -0.15) is 0 Å². The maximum Gasteiger partial charge on any atom is 0.0626 e. The first kappa shape index (κ1) is 14.9. The topological polar surface area (TPSA) is 32.3 Å². The highest BCUT2D eigenvalue weighted by Crippen LogP contribution is 2.25. The molecule has 92 valence electrons. The summed E-state index contributed by atoms with van der Waals surface area (Å²) in [7, 11) is 0. The molecule has 0 aromatic heterocycles. The molecule has 0 fully saturated rings. The first-order valence-electron chi connectivity index (χ1n) is 5.95. The lowest BCUT2D eigenvalue weighted by Crippen LogP contribution is -2.43. The van der Waals surface area contributed by atoms with Crippen molar-refractivity contribution >= 4 is 0 Å². The summed E-state index contributed by atoms with van der Waals surface area (Å²) in [4.78, 5) is 0. The van der Waals surface area contributed by atoms with Crippen LogP contribution in [0.4, 0.5) is 0 Å². The van der Waals surface area contributed by atoms with E-state index in [0.29, 0.717) is 11.3 Å². The summed E-state index contributed by atoms with van der Waals surface area (Å²) in [5.74, 6) is 0.316. The van der Waals surface area contributed by atoms with E-state index >= 15 is 0 Å². The number of rotatable bonds is 5. The van der Waals surface area contributed by atoms with E-state index in [2.05, 4.69) is 53.8 Å². The van der Waals surface area contributed by atoms with Gasteiger partial charge in [0.05, 0.1) is 6.10 Å². The fourth-order valence-electron chi connectivity index (χ4n) is 1.77. The summed E-state index contributed by atoms with van der Waals surface area (Å²) in [6.07, 6.45) is -0.245. The molecule has 0 aliphatic heterocycles. The number of aliphatic hydroxyl groups excluding tert-OH is 1. The van der Waals surface area contributed by atoms with Gasteiger partial charge in [-0.25, -0.2) is 0 Å². The zero-order valence-corrected chi connectivity index (χ0v) is 11.5. The summed E-state index contributed by atoms with van der Waals surface area (Å²) in [6.45, 7) is 16.9. The summed E-state index contributed by atoms with van der Waals surface area (Å²) in [5.41, 5.74) is 0.248. The molecular weight excluding hydrogens is 186 g/mol. The van der Waals surface area contributed by atoms with Crippen LogP contribution in [0.3, 0.4) is 0 Å². The van der Waals surface area contributed by atoms with Crippen LogP contribution in [-0.4, -0.2) is 24.3 Å². The van der Waals surface area contributed by atoms with Gasteiger partial charge in [-0.05, 0) is 11.3 Å². The Balaban J connectivity index is 4.05. The van der Waals surface area contributed by atoms with Gasteiger partial charge in [-0.15, -0.1) is 0 Å². The number of aliphatic hydroxyl groups is 1. The van der Waals surface area contributed by atoms with Gasteiger partial charge in [0.25, 0.3) is 0 Å². The van der Waals surface area contributed by atoms with Crippen molar-refractivity contribution in [3.05, 3.63) is 0 Å². The Morgan fingerprint density at radius 2 is 1.47 bits per heavy atom. The monoisotopic (exact) mass is 215 g/mol. The minimum absolute atomic E-state index is 0.0561. The van der Waals surface area contributed by atoms with E-state index in [0.717, 1.165) is 13.1 Å². The molecule has 0 amide bonds. The second-order valence-electron chi connectivity index (χ2n) is 6.84. The van der Waals surface area contributed by atoms with E-state index in [9.17, 15) is 5.11 Å². The fourth-order valence-corrected chi connectivity index (χ4v) is 1.77. The molecule has 0 aromatic rings.